The minimum Gasteiger partial charge on any atom is -0.465 e. The smallest absolute Gasteiger partial charge is 0.302 e. The summed E-state index contributed by atoms with van der Waals surface area (Å²) >= 11 is 1.43. The van der Waals surface area contributed by atoms with Gasteiger partial charge in [-0.05, 0) is 0 Å². The molecule has 0 radical (unpaired) electrons. The highest BCUT2D eigenvalue weighted by Crippen LogP contribution is 2.35. The van der Waals surface area contributed by atoms with E-state index < -0.39 is 0 Å². The second kappa shape index (κ2) is 7.84. The van der Waals surface area contributed by atoms with Crippen LogP contribution in [0.15, 0.2) is 70.3 Å². The van der Waals surface area contributed by atoms with E-state index >= 15 is 0 Å². The van der Waals surface area contributed by atoms with Gasteiger partial charge in [-0.25, -0.2) is 4.98 Å². The highest BCUT2D eigenvalue weighted by molar-refractivity contribution is 7.99. The summed E-state index contributed by atoms with van der Waals surface area (Å²) in [5, 5.41) is 0.569. The molecular formula is C19H17NO3S. The van der Waals surface area contributed by atoms with Crippen molar-refractivity contribution in [2.24, 2.45) is 0 Å². The molecule has 0 aliphatic rings. The predicted octanol–water partition coefficient (Wildman–Crippen LogP) is 4.66. The molecule has 24 heavy (non-hydrogen) atoms. The number of oxazole rings is 1. The topological polar surface area (TPSA) is 52.3 Å². The Bertz CT molecular complexity index is 743. The van der Waals surface area contributed by atoms with Gasteiger partial charge < -0.3 is 9.15 Å². The molecule has 3 aromatic rings. The summed E-state index contributed by atoms with van der Waals surface area (Å²) in [5.74, 6) is 1.07. The van der Waals surface area contributed by atoms with E-state index in [-0.39, 0.29) is 5.97 Å². The fourth-order valence-corrected chi connectivity index (χ4v) is 2.89. The van der Waals surface area contributed by atoms with Crippen LogP contribution in [0.1, 0.15) is 6.92 Å². The van der Waals surface area contributed by atoms with E-state index in [1.54, 1.807) is 0 Å². The van der Waals surface area contributed by atoms with Gasteiger partial charge in [0, 0.05) is 23.8 Å². The van der Waals surface area contributed by atoms with Gasteiger partial charge in [0.25, 0.3) is 5.22 Å². The number of carbonyl (C=O) groups excluding carboxylic acids is 1. The summed E-state index contributed by atoms with van der Waals surface area (Å²) in [6.45, 7) is 1.74. The van der Waals surface area contributed by atoms with E-state index in [1.165, 1.54) is 18.7 Å². The zero-order valence-corrected chi connectivity index (χ0v) is 14.1. The van der Waals surface area contributed by atoms with E-state index in [0.717, 1.165) is 22.6 Å². The summed E-state index contributed by atoms with van der Waals surface area (Å²) in [7, 11) is 0. The first-order valence-corrected chi connectivity index (χ1v) is 8.60. The number of aromatic nitrogens is 1. The number of thioether (sulfide) groups is 1. The van der Waals surface area contributed by atoms with Crippen molar-refractivity contribution < 1.29 is 13.9 Å². The van der Waals surface area contributed by atoms with Crippen LogP contribution in [-0.4, -0.2) is 23.3 Å². The van der Waals surface area contributed by atoms with Crippen molar-refractivity contribution in [3.05, 3.63) is 60.7 Å². The predicted molar refractivity (Wildman–Crippen MR) is 94.7 cm³/mol. The number of ether oxygens (including phenoxy) is 1. The number of hydrogen-bond donors (Lipinski definition) is 0. The Kier molecular flexibility index (Phi) is 5.33. The van der Waals surface area contributed by atoms with Gasteiger partial charge in [-0.3, -0.25) is 4.79 Å². The van der Waals surface area contributed by atoms with Crippen molar-refractivity contribution >= 4 is 17.7 Å². The van der Waals surface area contributed by atoms with Gasteiger partial charge in [-0.2, -0.15) is 0 Å². The summed E-state index contributed by atoms with van der Waals surface area (Å²) in [6, 6.07) is 19.9. The molecule has 122 valence electrons. The maximum atomic E-state index is 10.8. The first-order valence-electron chi connectivity index (χ1n) is 7.62. The molecule has 0 fully saturated rings. The van der Waals surface area contributed by atoms with Crippen LogP contribution in [0.5, 0.6) is 0 Å². The van der Waals surface area contributed by atoms with E-state index in [9.17, 15) is 4.79 Å². The van der Waals surface area contributed by atoms with Gasteiger partial charge >= 0.3 is 5.97 Å². The molecule has 3 rings (SSSR count). The average molecular weight is 339 g/mol. The lowest BCUT2D eigenvalue weighted by Gasteiger charge is -2.00. The fourth-order valence-electron chi connectivity index (χ4n) is 2.25. The van der Waals surface area contributed by atoms with Crippen LogP contribution in [0.3, 0.4) is 0 Å². The van der Waals surface area contributed by atoms with Gasteiger partial charge in [0.1, 0.15) is 12.3 Å². The summed E-state index contributed by atoms with van der Waals surface area (Å²) in [5.41, 5.74) is 2.81. The number of hydrogen-bond acceptors (Lipinski definition) is 5. The Morgan fingerprint density at radius 2 is 1.67 bits per heavy atom. The van der Waals surface area contributed by atoms with Crippen LogP contribution in [0.2, 0.25) is 0 Å². The number of rotatable bonds is 6. The van der Waals surface area contributed by atoms with Crippen LogP contribution in [-0.2, 0) is 9.53 Å². The monoisotopic (exact) mass is 339 g/mol. The van der Waals surface area contributed by atoms with Crippen molar-refractivity contribution in [1.29, 1.82) is 0 Å². The molecule has 0 bridgehead atoms. The lowest BCUT2D eigenvalue weighted by Crippen LogP contribution is -2.02. The normalized spacial score (nSPS) is 10.5. The molecule has 0 saturated heterocycles. The molecule has 0 atom stereocenters. The molecule has 2 aromatic carbocycles. The van der Waals surface area contributed by atoms with E-state index in [0.29, 0.717) is 17.6 Å². The molecule has 1 heterocycles. The molecule has 0 unspecified atom stereocenters. The maximum Gasteiger partial charge on any atom is 0.302 e. The average Bonchev–Trinajstić information content (AvgIpc) is 3.04. The molecule has 0 aliphatic carbocycles. The number of benzene rings is 2. The molecule has 0 spiro atoms. The highest BCUT2D eigenvalue weighted by atomic mass is 32.2. The first-order chi connectivity index (χ1) is 11.7. The zero-order chi connectivity index (χ0) is 16.8. The largest absolute Gasteiger partial charge is 0.465 e. The van der Waals surface area contributed by atoms with Gasteiger partial charge in [-0.15, -0.1) is 0 Å². The minimum atomic E-state index is -0.280. The van der Waals surface area contributed by atoms with Gasteiger partial charge in [-0.1, -0.05) is 72.4 Å². The second-order valence-corrected chi connectivity index (χ2v) is 6.12. The fraction of sp³-hybridized carbons (Fsp3) is 0.158. The third kappa shape index (κ3) is 4.06. The molecule has 0 aliphatic heterocycles. The first kappa shape index (κ1) is 16.3. The van der Waals surface area contributed by atoms with Crippen LogP contribution in [0.25, 0.3) is 22.6 Å². The molecule has 0 N–H and O–H groups in total. The molecule has 0 amide bonds. The molecule has 1 aromatic heterocycles. The highest BCUT2D eigenvalue weighted by Gasteiger charge is 2.16. The quantitative estimate of drug-likeness (QED) is 0.371. The Morgan fingerprint density at radius 1 is 1.04 bits per heavy atom. The number of carbonyl (C=O) groups is 1. The van der Waals surface area contributed by atoms with Gasteiger partial charge in [0.15, 0.2) is 5.76 Å². The standard InChI is InChI=1S/C19H17NO3S/c1-14(21)22-12-13-24-19-20-17(15-8-4-2-5-9-15)18(23-19)16-10-6-3-7-11-16/h2-11H,12-13H2,1H3. The summed E-state index contributed by atoms with van der Waals surface area (Å²) in [4.78, 5) is 15.4. The molecule has 5 heteroatoms. The van der Waals surface area contributed by atoms with Crippen molar-refractivity contribution in [1.82, 2.24) is 4.98 Å². The van der Waals surface area contributed by atoms with Gasteiger partial charge in [0.2, 0.25) is 0 Å². The second-order valence-electron chi connectivity index (χ2n) is 5.08. The van der Waals surface area contributed by atoms with E-state index in [2.05, 4.69) is 4.98 Å². The van der Waals surface area contributed by atoms with Crippen molar-refractivity contribution in [3.8, 4) is 22.6 Å². The van der Waals surface area contributed by atoms with Crippen LogP contribution in [0, 0.1) is 0 Å². The Balaban J connectivity index is 1.87. The molecule has 4 nitrogen and oxygen atoms in total. The Labute approximate surface area is 144 Å². The summed E-state index contributed by atoms with van der Waals surface area (Å²) in [6.07, 6.45) is 0. The van der Waals surface area contributed by atoms with Gasteiger partial charge in [0.05, 0.1) is 0 Å². The minimum absolute atomic E-state index is 0.280. The maximum absolute atomic E-state index is 10.8. The SMILES string of the molecule is CC(=O)OCCSc1nc(-c2ccccc2)c(-c2ccccc2)o1. The molecule has 0 saturated carbocycles. The Hall–Kier alpha value is -2.53. The van der Waals surface area contributed by atoms with Crippen LogP contribution < -0.4 is 0 Å². The zero-order valence-electron chi connectivity index (χ0n) is 13.3. The Morgan fingerprint density at radius 3 is 2.29 bits per heavy atom. The lowest BCUT2D eigenvalue weighted by molar-refractivity contribution is -0.140. The third-order valence-corrected chi connectivity index (χ3v) is 4.10. The number of esters is 1. The third-order valence-electron chi connectivity index (χ3n) is 3.30. The lowest BCUT2D eigenvalue weighted by atomic mass is 10.1. The van der Waals surface area contributed by atoms with Crippen molar-refractivity contribution in [2.45, 2.75) is 12.1 Å². The van der Waals surface area contributed by atoms with E-state index in [4.69, 9.17) is 9.15 Å². The van der Waals surface area contributed by atoms with Crippen molar-refractivity contribution in [3.63, 3.8) is 0 Å². The van der Waals surface area contributed by atoms with Crippen molar-refractivity contribution in [2.75, 3.05) is 12.4 Å². The number of nitrogens with zero attached hydrogens (tertiary/aromatic N) is 1. The van der Waals surface area contributed by atoms with Crippen LogP contribution in [0.4, 0.5) is 0 Å². The van der Waals surface area contributed by atoms with Crippen LogP contribution >= 0.6 is 11.8 Å². The summed E-state index contributed by atoms with van der Waals surface area (Å²) < 4.78 is 10.9. The molecular weight excluding hydrogens is 322 g/mol. The van der Waals surface area contributed by atoms with E-state index in [1.807, 2.05) is 60.7 Å².